The van der Waals surface area contributed by atoms with Crippen LogP contribution in [-0.2, 0) is 6.42 Å². The van der Waals surface area contributed by atoms with Gasteiger partial charge in [0.2, 0.25) is 0 Å². The van der Waals surface area contributed by atoms with Gasteiger partial charge in [0.05, 0.1) is 5.56 Å². The highest BCUT2D eigenvalue weighted by molar-refractivity contribution is 6.31. The summed E-state index contributed by atoms with van der Waals surface area (Å²) in [4.78, 5) is 4.27. The lowest BCUT2D eigenvalue weighted by molar-refractivity contribution is 0.418. The summed E-state index contributed by atoms with van der Waals surface area (Å²) >= 11 is 6.10. The van der Waals surface area contributed by atoms with Gasteiger partial charge in [-0.1, -0.05) is 35.0 Å². The summed E-state index contributed by atoms with van der Waals surface area (Å²) in [5.41, 5.74) is 7.41. The summed E-state index contributed by atoms with van der Waals surface area (Å²) in [7, 11) is 0. The van der Waals surface area contributed by atoms with Crippen molar-refractivity contribution in [1.29, 1.82) is 0 Å². The lowest BCUT2D eigenvalue weighted by Crippen LogP contribution is -1.92. The van der Waals surface area contributed by atoms with Gasteiger partial charge in [-0.25, -0.2) is 0 Å². The van der Waals surface area contributed by atoms with Crippen LogP contribution in [-0.4, -0.2) is 15.2 Å². The molecule has 3 N–H and O–H groups in total. The smallest absolute Gasteiger partial charge is 0.261 e. The van der Waals surface area contributed by atoms with Crippen molar-refractivity contribution in [2.45, 2.75) is 6.42 Å². The lowest BCUT2D eigenvalue weighted by Gasteiger charge is -2.00. The van der Waals surface area contributed by atoms with Crippen molar-refractivity contribution in [2.24, 2.45) is 0 Å². The number of phenolic OH excluding ortho intramolecular Hbond substituents is 1. The van der Waals surface area contributed by atoms with Crippen LogP contribution in [0.2, 0.25) is 5.02 Å². The first-order chi connectivity index (χ1) is 10.1. The fourth-order valence-corrected chi connectivity index (χ4v) is 2.18. The molecule has 0 amide bonds. The van der Waals surface area contributed by atoms with Gasteiger partial charge in [0.1, 0.15) is 5.75 Å². The van der Waals surface area contributed by atoms with E-state index in [0.717, 1.165) is 5.56 Å². The van der Waals surface area contributed by atoms with E-state index in [1.807, 2.05) is 24.3 Å². The van der Waals surface area contributed by atoms with E-state index in [-0.39, 0.29) is 11.6 Å². The van der Waals surface area contributed by atoms with Crippen LogP contribution in [0.5, 0.6) is 5.75 Å². The van der Waals surface area contributed by atoms with Gasteiger partial charge >= 0.3 is 0 Å². The molecule has 2 aromatic carbocycles. The zero-order valence-corrected chi connectivity index (χ0v) is 11.7. The average molecular weight is 302 g/mol. The first-order valence-corrected chi connectivity index (χ1v) is 6.66. The average Bonchev–Trinajstić information content (AvgIpc) is 2.90. The van der Waals surface area contributed by atoms with Crippen LogP contribution < -0.4 is 5.73 Å². The number of nitrogen functional groups attached to an aromatic ring is 1. The number of benzene rings is 2. The molecule has 0 saturated heterocycles. The second kappa shape index (κ2) is 5.46. The Kier molecular flexibility index (Phi) is 3.50. The van der Waals surface area contributed by atoms with E-state index < -0.39 is 0 Å². The van der Waals surface area contributed by atoms with E-state index in [4.69, 9.17) is 21.9 Å². The SMILES string of the molecule is Nc1ccc(-c2nc(Cc3ccccc3Cl)no2)c(O)c1. The summed E-state index contributed by atoms with van der Waals surface area (Å²) in [6.07, 6.45) is 0.457. The van der Waals surface area contributed by atoms with Crippen molar-refractivity contribution in [3.05, 3.63) is 58.9 Å². The Morgan fingerprint density at radius 2 is 2.00 bits per heavy atom. The minimum Gasteiger partial charge on any atom is -0.507 e. The molecule has 1 aromatic heterocycles. The molecule has 5 nitrogen and oxygen atoms in total. The molecular formula is C15H12ClN3O2. The molecule has 3 rings (SSSR count). The first-order valence-electron chi connectivity index (χ1n) is 6.28. The van der Waals surface area contributed by atoms with E-state index in [9.17, 15) is 5.11 Å². The van der Waals surface area contributed by atoms with Crippen LogP contribution >= 0.6 is 11.6 Å². The molecule has 3 aromatic rings. The van der Waals surface area contributed by atoms with Crippen molar-refractivity contribution in [3.63, 3.8) is 0 Å². The number of rotatable bonds is 3. The monoisotopic (exact) mass is 301 g/mol. The zero-order chi connectivity index (χ0) is 14.8. The van der Waals surface area contributed by atoms with Gasteiger partial charge in [-0.05, 0) is 23.8 Å². The quantitative estimate of drug-likeness (QED) is 0.725. The highest BCUT2D eigenvalue weighted by Gasteiger charge is 2.14. The Labute approximate surface area is 126 Å². The minimum atomic E-state index is 0.00273. The van der Waals surface area contributed by atoms with Crippen LogP contribution in [0, 0.1) is 0 Å². The predicted molar refractivity (Wildman–Crippen MR) is 80.1 cm³/mol. The third-order valence-electron chi connectivity index (χ3n) is 3.03. The van der Waals surface area contributed by atoms with Crippen LogP contribution in [0.3, 0.4) is 0 Å². The third-order valence-corrected chi connectivity index (χ3v) is 3.40. The van der Waals surface area contributed by atoms with E-state index in [2.05, 4.69) is 10.1 Å². The number of nitrogens with zero attached hydrogens (tertiary/aromatic N) is 2. The van der Waals surface area contributed by atoms with Gasteiger partial charge in [-0.15, -0.1) is 0 Å². The fraction of sp³-hybridized carbons (Fsp3) is 0.0667. The highest BCUT2D eigenvalue weighted by atomic mass is 35.5. The maximum Gasteiger partial charge on any atom is 0.261 e. The van der Waals surface area contributed by atoms with Gasteiger partial charge in [0.25, 0.3) is 5.89 Å². The maximum atomic E-state index is 9.86. The molecule has 106 valence electrons. The Hall–Kier alpha value is -2.53. The van der Waals surface area contributed by atoms with Crippen molar-refractivity contribution in [1.82, 2.24) is 10.1 Å². The van der Waals surface area contributed by atoms with E-state index >= 15 is 0 Å². The molecule has 0 bridgehead atoms. The third kappa shape index (κ3) is 2.83. The number of hydrogen-bond donors (Lipinski definition) is 2. The van der Waals surface area contributed by atoms with Gasteiger partial charge < -0.3 is 15.4 Å². The number of hydrogen-bond acceptors (Lipinski definition) is 5. The van der Waals surface area contributed by atoms with Crippen LogP contribution in [0.15, 0.2) is 47.0 Å². The number of phenols is 1. The van der Waals surface area contributed by atoms with Gasteiger partial charge in [0.15, 0.2) is 5.82 Å². The first kappa shape index (κ1) is 13.5. The topological polar surface area (TPSA) is 85.2 Å². The predicted octanol–water partition coefficient (Wildman–Crippen LogP) is 3.27. The van der Waals surface area contributed by atoms with Gasteiger partial charge in [0, 0.05) is 23.2 Å². The zero-order valence-electron chi connectivity index (χ0n) is 11.0. The van der Waals surface area contributed by atoms with Gasteiger partial charge in [-0.2, -0.15) is 4.98 Å². The molecule has 0 aliphatic heterocycles. The number of aromatic nitrogens is 2. The van der Waals surface area contributed by atoms with E-state index in [1.165, 1.54) is 6.07 Å². The summed E-state index contributed by atoms with van der Waals surface area (Å²) in [6.45, 7) is 0. The number of anilines is 1. The van der Waals surface area contributed by atoms with E-state index in [1.54, 1.807) is 12.1 Å². The molecule has 1 heterocycles. The second-order valence-corrected chi connectivity index (χ2v) is 4.97. The minimum absolute atomic E-state index is 0.00273. The van der Waals surface area contributed by atoms with Crippen molar-refractivity contribution in [3.8, 4) is 17.2 Å². The summed E-state index contributed by atoms with van der Waals surface area (Å²) in [5, 5.41) is 14.4. The van der Waals surface area contributed by atoms with Crippen molar-refractivity contribution in [2.75, 3.05) is 5.73 Å². The van der Waals surface area contributed by atoms with Crippen molar-refractivity contribution < 1.29 is 9.63 Å². The number of nitrogens with two attached hydrogens (primary N) is 1. The Bertz CT molecular complexity index is 786. The molecule has 0 spiro atoms. The molecule has 0 fully saturated rings. The van der Waals surface area contributed by atoms with Gasteiger partial charge in [-0.3, -0.25) is 0 Å². The standard InChI is InChI=1S/C15H12ClN3O2/c16-12-4-2-1-3-9(12)7-14-18-15(21-19-14)11-6-5-10(17)8-13(11)20/h1-6,8,20H,7,17H2. The molecule has 0 unspecified atom stereocenters. The summed E-state index contributed by atoms with van der Waals surface area (Å²) in [5.74, 6) is 0.742. The molecular weight excluding hydrogens is 290 g/mol. The molecule has 0 radical (unpaired) electrons. The van der Waals surface area contributed by atoms with Crippen LogP contribution in [0.4, 0.5) is 5.69 Å². The Balaban J connectivity index is 1.88. The summed E-state index contributed by atoms with van der Waals surface area (Å²) < 4.78 is 5.18. The highest BCUT2D eigenvalue weighted by Crippen LogP contribution is 2.29. The Morgan fingerprint density at radius 3 is 2.76 bits per heavy atom. The maximum absolute atomic E-state index is 9.86. The largest absolute Gasteiger partial charge is 0.507 e. The molecule has 0 aliphatic rings. The normalized spacial score (nSPS) is 10.7. The van der Waals surface area contributed by atoms with Crippen LogP contribution in [0.1, 0.15) is 11.4 Å². The molecule has 0 saturated carbocycles. The lowest BCUT2D eigenvalue weighted by atomic mass is 10.1. The van der Waals surface area contributed by atoms with E-state index in [0.29, 0.717) is 28.5 Å². The van der Waals surface area contributed by atoms with Crippen LogP contribution in [0.25, 0.3) is 11.5 Å². The molecule has 6 heteroatoms. The fourth-order valence-electron chi connectivity index (χ4n) is 1.98. The summed E-state index contributed by atoms with van der Waals surface area (Å²) in [6, 6.07) is 12.2. The van der Waals surface area contributed by atoms with Crippen molar-refractivity contribution >= 4 is 17.3 Å². The molecule has 0 aliphatic carbocycles. The molecule has 0 atom stereocenters. The number of halogens is 1. The molecule has 21 heavy (non-hydrogen) atoms. The second-order valence-electron chi connectivity index (χ2n) is 4.56. The number of aromatic hydroxyl groups is 1. The Morgan fingerprint density at radius 1 is 1.19 bits per heavy atom.